The summed E-state index contributed by atoms with van der Waals surface area (Å²) in [5, 5.41) is 14.8. The number of aromatic nitrogens is 3. The molecule has 0 saturated heterocycles. The molecule has 8 nitrogen and oxygen atoms in total. The topological polar surface area (TPSA) is 109 Å². The molecule has 0 aliphatic heterocycles. The van der Waals surface area contributed by atoms with Crippen molar-refractivity contribution in [2.45, 2.75) is 45.3 Å². The number of carbonyl (C=O) groups excluding carboxylic acids is 1. The molecule has 0 spiro atoms. The third-order valence-corrected chi connectivity index (χ3v) is 6.46. The van der Waals surface area contributed by atoms with E-state index in [-0.39, 0.29) is 30.3 Å². The van der Waals surface area contributed by atoms with E-state index in [1.165, 1.54) is 4.57 Å². The molecule has 4 rings (SSSR count). The largest absolute Gasteiger partial charge is 0.481 e. The Kier molecular flexibility index (Phi) is 7.24. The lowest BCUT2D eigenvalue weighted by molar-refractivity contribution is -0.141. The van der Waals surface area contributed by atoms with Gasteiger partial charge in [0, 0.05) is 18.3 Å². The second-order valence-electron chi connectivity index (χ2n) is 10.0. The van der Waals surface area contributed by atoms with Crippen molar-refractivity contribution in [3.8, 4) is 5.82 Å². The number of nitrogens with one attached hydrogen (secondary N) is 2. The number of nitrogens with zero attached hydrogens (tertiary/aromatic N) is 3. The zero-order valence-corrected chi connectivity index (χ0v) is 20.4. The highest BCUT2D eigenvalue weighted by molar-refractivity contribution is 5.94. The van der Waals surface area contributed by atoms with Crippen LogP contribution < -0.4 is 10.6 Å². The van der Waals surface area contributed by atoms with Gasteiger partial charge in [-0.3, -0.25) is 14.2 Å². The SMILES string of the molecule is CC1(C)CC([C@H](Nc2ccc(-n3cnc(C(F)(F)F)c3)nc2)c2ccc(C(=O)NCCC(=O)O)cc2)C1. The van der Waals surface area contributed by atoms with Crippen LogP contribution in [0, 0.1) is 11.3 Å². The van der Waals surface area contributed by atoms with E-state index >= 15 is 0 Å². The highest BCUT2D eigenvalue weighted by Gasteiger charge is 2.41. The van der Waals surface area contributed by atoms with E-state index in [4.69, 9.17) is 5.11 Å². The maximum absolute atomic E-state index is 12.9. The zero-order chi connectivity index (χ0) is 26.8. The lowest BCUT2D eigenvalue weighted by Gasteiger charge is -2.47. The predicted octanol–water partition coefficient (Wildman–Crippen LogP) is 5.08. The zero-order valence-electron chi connectivity index (χ0n) is 20.4. The summed E-state index contributed by atoms with van der Waals surface area (Å²) in [4.78, 5) is 30.6. The Morgan fingerprint density at radius 2 is 1.84 bits per heavy atom. The number of aliphatic carboxylic acids is 1. The number of hydrogen-bond donors (Lipinski definition) is 3. The summed E-state index contributed by atoms with van der Waals surface area (Å²) in [6.45, 7) is 4.47. The van der Waals surface area contributed by atoms with Crippen molar-refractivity contribution in [1.29, 1.82) is 0 Å². The van der Waals surface area contributed by atoms with Crippen molar-refractivity contribution in [2.24, 2.45) is 11.3 Å². The summed E-state index contributed by atoms with van der Waals surface area (Å²) in [5.74, 6) is -0.664. The summed E-state index contributed by atoms with van der Waals surface area (Å²) in [6, 6.07) is 10.5. The fourth-order valence-electron chi connectivity index (χ4n) is 4.69. The van der Waals surface area contributed by atoms with Gasteiger partial charge in [-0.25, -0.2) is 9.97 Å². The van der Waals surface area contributed by atoms with E-state index in [2.05, 4.69) is 34.4 Å². The second kappa shape index (κ2) is 10.2. The molecule has 1 atom stereocenters. The maximum Gasteiger partial charge on any atom is 0.434 e. The third-order valence-electron chi connectivity index (χ3n) is 6.46. The van der Waals surface area contributed by atoms with E-state index in [1.54, 1.807) is 30.5 Å². The van der Waals surface area contributed by atoms with Crippen LogP contribution >= 0.6 is 0 Å². The Balaban J connectivity index is 1.48. The highest BCUT2D eigenvalue weighted by atomic mass is 19.4. The predicted molar refractivity (Wildman–Crippen MR) is 130 cm³/mol. The lowest BCUT2D eigenvalue weighted by Crippen LogP contribution is -2.38. The van der Waals surface area contributed by atoms with Crippen molar-refractivity contribution in [3.05, 3.63) is 71.9 Å². The standard InChI is InChI=1S/C26H28F3N5O3/c1-25(2)11-18(12-25)23(16-3-5-17(6-4-16)24(37)30-10-9-22(35)36)33-19-7-8-21(31-13-19)34-14-20(32-15-34)26(27,28)29/h3-8,13-15,18,23,33H,9-12H2,1-2H3,(H,30,37)(H,35,36)/t23-/m1/s1. The number of alkyl halides is 3. The Morgan fingerprint density at radius 3 is 2.38 bits per heavy atom. The number of carbonyl (C=O) groups is 2. The number of halogens is 3. The van der Waals surface area contributed by atoms with Gasteiger partial charge in [-0.15, -0.1) is 0 Å². The average molecular weight is 516 g/mol. The fourth-order valence-corrected chi connectivity index (χ4v) is 4.69. The molecule has 11 heteroatoms. The monoisotopic (exact) mass is 515 g/mol. The number of rotatable bonds is 9. The molecule has 2 heterocycles. The number of amides is 1. The molecule has 2 aromatic heterocycles. The number of benzene rings is 1. The molecule has 1 saturated carbocycles. The van der Waals surface area contributed by atoms with Crippen molar-refractivity contribution in [1.82, 2.24) is 19.9 Å². The molecule has 3 N–H and O–H groups in total. The summed E-state index contributed by atoms with van der Waals surface area (Å²) < 4.78 is 39.8. The number of imidazole rings is 1. The molecule has 196 valence electrons. The van der Waals surface area contributed by atoms with Gasteiger partial charge in [-0.1, -0.05) is 26.0 Å². The van der Waals surface area contributed by atoms with E-state index < -0.39 is 17.8 Å². The van der Waals surface area contributed by atoms with Gasteiger partial charge < -0.3 is 15.7 Å². The van der Waals surface area contributed by atoms with Crippen molar-refractivity contribution in [2.75, 3.05) is 11.9 Å². The van der Waals surface area contributed by atoms with Crippen LogP contribution in [-0.2, 0) is 11.0 Å². The quantitative estimate of drug-likeness (QED) is 0.367. The normalized spacial score (nSPS) is 16.0. The minimum Gasteiger partial charge on any atom is -0.481 e. The molecule has 1 aliphatic rings. The molecule has 1 aliphatic carbocycles. The molecular formula is C26H28F3N5O3. The third kappa shape index (κ3) is 6.46. The Labute approximate surface area is 211 Å². The summed E-state index contributed by atoms with van der Waals surface area (Å²) >= 11 is 0. The van der Waals surface area contributed by atoms with Crippen LogP contribution in [-0.4, -0.2) is 38.1 Å². The smallest absolute Gasteiger partial charge is 0.434 e. The van der Waals surface area contributed by atoms with Crippen LogP contribution in [0.2, 0.25) is 0 Å². The molecule has 0 radical (unpaired) electrons. The van der Waals surface area contributed by atoms with Gasteiger partial charge in [0.25, 0.3) is 5.91 Å². The van der Waals surface area contributed by atoms with Gasteiger partial charge in [0.2, 0.25) is 0 Å². The van der Waals surface area contributed by atoms with Gasteiger partial charge in [0.1, 0.15) is 12.1 Å². The van der Waals surface area contributed by atoms with E-state index in [0.717, 1.165) is 30.9 Å². The first-order chi connectivity index (χ1) is 17.4. The Hall–Kier alpha value is -3.89. The summed E-state index contributed by atoms with van der Waals surface area (Å²) in [7, 11) is 0. The molecule has 0 bridgehead atoms. The molecular weight excluding hydrogens is 487 g/mol. The Morgan fingerprint density at radius 1 is 1.14 bits per heavy atom. The summed E-state index contributed by atoms with van der Waals surface area (Å²) in [5.41, 5.74) is 1.38. The first-order valence-corrected chi connectivity index (χ1v) is 11.9. The molecule has 0 unspecified atom stereocenters. The van der Waals surface area contributed by atoms with E-state index in [0.29, 0.717) is 23.0 Å². The van der Waals surface area contributed by atoms with Crippen LogP contribution in [0.1, 0.15) is 60.8 Å². The van der Waals surface area contributed by atoms with Crippen LogP contribution in [0.4, 0.5) is 18.9 Å². The molecule has 1 amide bonds. The molecule has 3 aromatic rings. The number of carboxylic acid groups (broad SMARTS) is 1. The Bertz CT molecular complexity index is 1250. The van der Waals surface area contributed by atoms with E-state index in [9.17, 15) is 22.8 Å². The van der Waals surface area contributed by atoms with Gasteiger partial charge in [0.05, 0.1) is 24.3 Å². The maximum atomic E-state index is 12.9. The van der Waals surface area contributed by atoms with Gasteiger partial charge in [-0.05, 0) is 54.0 Å². The van der Waals surface area contributed by atoms with Crippen LogP contribution in [0.3, 0.4) is 0 Å². The summed E-state index contributed by atoms with van der Waals surface area (Å²) in [6.07, 6.45) is 0.885. The van der Waals surface area contributed by atoms with Crippen molar-refractivity contribution in [3.63, 3.8) is 0 Å². The molecule has 37 heavy (non-hydrogen) atoms. The van der Waals surface area contributed by atoms with Gasteiger partial charge in [-0.2, -0.15) is 13.2 Å². The molecule has 1 aromatic carbocycles. The van der Waals surface area contributed by atoms with Crippen LogP contribution in [0.25, 0.3) is 5.82 Å². The number of pyridine rings is 1. The first-order valence-electron chi connectivity index (χ1n) is 11.9. The van der Waals surface area contributed by atoms with Crippen molar-refractivity contribution < 1.29 is 27.9 Å². The molecule has 1 fully saturated rings. The van der Waals surface area contributed by atoms with Crippen LogP contribution in [0.15, 0.2) is 55.1 Å². The number of anilines is 1. The van der Waals surface area contributed by atoms with Crippen LogP contribution in [0.5, 0.6) is 0 Å². The highest BCUT2D eigenvalue weighted by Crippen LogP contribution is 2.51. The minimum atomic E-state index is -4.52. The fraction of sp³-hybridized carbons (Fsp3) is 0.385. The van der Waals surface area contributed by atoms with Gasteiger partial charge >= 0.3 is 12.1 Å². The van der Waals surface area contributed by atoms with Gasteiger partial charge in [0.15, 0.2) is 5.69 Å². The van der Waals surface area contributed by atoms with E-state index in [1.807, 2.05) is 12.1 Å². The lowest BCUT2D eigenvalue weighted by atomic mass is 9.61. The number of carboxylic acids is 1. The van der Waals surface area contributed by atoms with Crippen molar-refractivity contribution >= 4 is 17.6 Å². The second-order valence-corrected chi connectivity index (χ2v) is 10.0. The first kappa shape index (κ1) is 26.2. The number of hydrogen-bond acceptors (Lipinski definition) is 5. The minimum absolute atomic E-state index is 0.0524. The average Bonchev–Trinajstić information content (AvgIpc) is 3.32.